The van der Waals surface area contributed by atoms with Crippen LogP contribution >= 0.6 is 0 Å². The molecular weight excluding hydrogens is 400 g/mol. The fourth-order valence-corrected chi connectivity index (χ4v) is 3.99. The van der Waals surface area contributed by atoms with E-state index in [2.05, 4.69) is 56.5 Å². The molecular formula is C25H26N6O. The molecule has 0 saturated carbocycles. The van der Waals surface area contributed by atoms with Gasteiger partial charge in [0.15, 0.2) is 5.65 Å². The minimum absolute atomic E-state index is 0.178. The number of nitrogens with zero attached hydrogens (tertiary/aromatic N) is 5. The zero-order chi connectivity index (χ0) is 21.9. The Morgan fingerprint density at radius 1 is 0.969 bits per heavy atom. The maximum atomic E-state index is 12.8. The van der Waals surface area contributed by atoms with E-state index < -0.39 is 0 Å². The molecule has 162 valence electrons. The SMILES string of the molecule is CN1CCN(c2ccc(NC(=O)c3cnc4c(cnn4Cc4ccccc4)c3)cc2)CC1. The first-order valence-electron chi connectivity index (χ1n) is 10.9. The molecule has 0 bridgehead atoms. The molecule has 7 heteroatoms. The molecule has 1 N–H and O–H groups in total. The van der Waals surface area contributed by atoms with Gasteiger partial charge >= 0.3 is 0 Å². The highest BCUT2D eigenvalue weighted by Crippen LogP contribution is 2.20. The lowest BCUT2D eigenvalue weighted by atomic mass is 10.2. The van der Waals surface area contributed by atoms with E-state index in [4.69, 9.17) is 0 Å². The van der Waals surface area contributed by atoms with E-state index in [0.717, 1.165) is 48.5 Å². The van der Waals surface area contributed by atoms with Gasteiger partial charge in [-0.15, -0.1) is 0 Å². The third-order valence-corrected chi connectivity index (χ3v) is 5.91. The van der Waals surface area contributed by atoms with Crippen molar-refractivity contribution in [3.63, 3.8) is 0 Å². The monoisotopic (exact) mass is 426 g/mol. The summed E-state index contributed by atoms with van der Waals surface area (Å²) in [6, 6.07) is 20.0. The Labute approximate surface area is 187 Å². The van der Waals surface area contributed by atoms with Crippen molar-refractivity contribution in [2.75, 3.05) is 43.4 Å². The summed E-state index contributed by atoms with van der Waals surface area (Å²) in [5, 5.41) is 8.27. The number of hydrogen-bond acceptors (Lipinski definition) is 5. The molecule has 5 rings (SSSR count). The fourth-order valence-electron chi connectivity index (χ4n) is 3.99. The Hall–Kier alpha value is -3.71. The van der Waals surface area contributed by atoms with Gasteiger partial charge in [0.1, 0.15) is 0 Å². The number of carbonyl (C=O) groups excluding carboxylic acids is 1. The maximum absolute atomic E-state index is 12.8. The van der Waals surface area contributed by atoms with E-state index in [1.54, 1.807) is 12.4 Å². The summed E-state index contributed by atoms with van der Waals surface area (Å²) in [7, 11) is 2.15. The summed E-state index contributed by atoms with van der Waals surface area (Å²) in [6.45, 7) is 4.81. The number of likely N-dealkylation sites (N-methyl/N-ethyl adjacent to an activating group) is 1. The number of aromatic nitrogens is 3. The minimum atomic E-state index is -0.178. The second kappa shape index (κ2) is 8.80. The van der Waals surface area contributed by atoms with Crippen LogP contribution in [0.4, 0.5) is 11.4 Å². The smallest absolute Gasteiger partial charge is 0.257 e. The molecule has 1 amide bonds. The zero-order valence-electron chi connectivity index (χ0n) is 18.1. The molecule has 2 aromatic heterocycles. The van der Waals surface area contributed by atoms with E-state index in [9.17, 15) is 4.79 Å². The molecule has 7 nitrogen and oxygen atoms in total. The highest BCUT2D eigenvalue weighted by Gasteiger charge is 2.15. The van der Waals surface area contributed by atoms with Gasteiger partial charge in [-0.1, -0.05) is 30.3 Å². The number of amides is 1. The molecule has 32 heavy (non-hydrogen) atoms. The van der Waals surface area contributed by atoms with Crippen molar-refractivity contribution in [1.82, 2.24) is 19.7 Å². The quantitative estimate of drug-likeness (QED) is 0.529. The molecule has 0 spiro atoms. The number of anilines is 2. The van der Waals surface area contributed by atoms with Crippen LogP contribution in [-0.2, 0) is 6.54 Å². The van der Waals surface area contributed by atoms with Gasteiger partial charge in [0, 0.05) is 49.1 Å². The van der Waals surface area contributed by atoms with Crippen LogP contribution in [0.1, 0.15) is 15.9 Å². The average molecular weight is 427 g/mol. The van der Waals surface area contributed by atoms with E-state index in [1.807, 2.05) is 41.1 Å². The summed E-state index contributed by atoms with van der Waals surface area (Å²) >= 11 is 0. The Bertz CT molecular complexity index is 1210. The van der Waals surface area contributed by atoms with E-state index in [0.29, 0.717) is 12.1 Å². The van der Waals surface area contributed by atoms with Gasteiger partial charge in [-0.3, -0.25) is 4.79 Å². The maximum Gasteiger partial charge on any atom is 0.257 e. The number of nitrogens with one attached hydrogen (secondary N) is 1. The van der Waals surface area contributed by atoms with E-state index >= 15 is 0 Å². The standard InChI is InChI=1S/C25H26N6O/c1-29-11-13-30(14-12-29)23-9-7-22(8-10-23)28-25(32)21-15-20-17-27-31(24(20)26-16-21)18-19-5-3-2-4-6-19/h2-10,15-17H,11-14,18H2,1H3,(H,28,32). The first kappa shape index (κ1) is 20.2. The highest BCUT2D eigenvalue weighted by atomic mass is 16.1. The number of rotatable bonds is 5. The third kappa shape index (κ3) is 4.33. The lowest BCUT2D eigenvalue weighted by Gasteiger charge is -2.34. The second-order valence-corrected chi connectivity index (χ2v) is 8.22. The average Bonchev–Trinajstić information content (AvgIpc) is 3.23. The molecule has 0 atom stereocenters. The van der Waals surface area contributed by atoms with Gasteiger partial charge in [-0.25, -0.2) is 9.67 Å². The van der Waals surface area contributed by atoms with Crippen LogP contribution < -0.4 is 10.2 Å². The van der Waals surface area contributed by atoms with Crippen molar-refractivity contribution >= 4 is 28.3 Å². The second-order valence-electron chi connectivity index (χ2n) is 8.22. The van der Waals surface area contributed by atoms with Crippen molar-refractivity contribution in [2.24, 2.45) is 0 Å². The van der Waals surface area contributed by atoms with Crippen molar-refractivity contribution in [1.29, 1.82) is 0 Å². The van der Waals surface area contributed by atoms with Gasteiger partial charge in [0.25, 0.3) is 5.91 Å². The van der Waals surface area contributed by atoms with Gasteiger partial charge in [-0.05, 0) is 42.9 Å². The summed E-state index contributed by atoms with van der Waals surface area (Å²) in [5.74, 6) is -0.178. The van der Waals surface area contributed by atoms with Crippen molar-refractivity contribution in [3.05, 3.63) is 84.2 Å². The first-order chi connectivity index (χ1) is 15.7. The molecule has 1 saturated heterocycles. The van der Waals surface area contributed by atoms with E-state index in [1.165, 1.54) is 5.69 Å². The molecule has 4 aromatic rings. The summed E-state index contributed by atoms with van der Waals surface area (Å²) in [6.07, 6.45) is 3.37. The van der Waals surface area contributed by atoms with Crippen LogP contribution in [0.2, 0.25) is 0 Å². The van der Waals surface area contributed by atoms with Gasteiger partial charge in [0.2, 0.25) is 0 Å². The van der Waals surface area contributed by atoms with Gasteiger partial charge in [0.05, 0.1) is 18.3 Å². The zero-order valence-corrected chi connectivity index (χ0v) is 18.1. The number of benzene rings is 2. The molecule has 1 aliphatic rings. The number of piperazine rings is 1. The number of fused-ring (bicyclic) bond motifs is 1. The van der Waals surface area contributed by atoms with Crippen LogP contribution in [-0.4, -0.2) is 58.8 Å². The molecule has 0 radical (unpaired) electrons. The Balaban J connectivity index is 1.26. The van der Waals surface area contributed by atoms with Crippen LogP contribution in [0.25, 0.3) is 11.0 Å². The third-order valence-electron chi connectivity index (χ3n) is 5.91. The van der Waals surface area contributed by atoms with Crippen LogP contribution in [0.3, 0.4) is 0 Å². The van der Waals surface area contributed by atoms with Crippen LogP contribution in [0, 0.1) is 0 Å². The van der Waals surface area contributed by atoms with Crippen molar-refractivity contribution in [3.8, 4) is 0 Å². The Kier molecular flexibility index (Phi) is 5.56. The Morgan fingerprint density at radius 2 is 1.72 bits per heavy atom. The molecule has 2 aromatic carbocycles. The molecule has 0 unspecified atom stereocenters. The summed E-state index contributed by atoms with van der Waals surface area (Å²) in [4.78, 5) is 22.0. The number of hydrogen-bond donors (Lipinski definition) is 1. The van der Waals surface area contributed by atoms with Crippen LogP contribution in [0.5, 0.6) is 0 Å². The largest absolute Gasteiger partial charge is 0.369 e. The molecule has 3 heterocycles. The fraction of sp³-hybridized carbons (Fsp3) is 0.240. The summed E-state index contributed by atoms with van der Waals surface area (Å²) < 4.78 is 1.85. The summed E-state index contributed by atoms with van der Waals surface area (Å²) in [5.41, 5.74) is 4.39. The van der Waals surface area contributed by atoms with E-state index in [-0.39, 0.29) is 5.91 Å². The minimum Gasteiger partial charge on any atom is -0.369 e. The predicted molar refractivity (Wildman–Crippen MR) is 127 cm³/mol. The number of carbonyl (C=O) groups is 1. The van der Waals surface area contributed by atoms with Gasteiger partial charge in [-0.2, -0.15) is 5.10 Å². The Morgan fingerprint density at radius 3 is 2.47 bits per heavy atom. The van der Waals surface area contributed by atoms with Crippen molar-refractivity contribution in [2.45, 2.75) is 6.54 Å². The lowest BCUT2D eigenvalue weighted by molar-refractivity contribution is 0.102. The molecule has 0 aliphatic carbocycles. The first-order valence-corrected chi connectivity index (χ1v) is 10.9. The van der Waals surface area contributed by atoms with Crippen molar-refractivity contribution < 1.29 is 4.79 Å². The molecule has 1 fully saturated rings. The highest BCUT2D eigenvalue weighted by molar-refractivity contribution is 6.05. The number of pyridine rings is 1. The molecule has 1 aliphatic heterocycles. The van der Waals surface area contributed by atoms with Crippen LogP contribution in [0.15, 0.2) is 73.1 Å². The predicted octanol–water partition coefficient (Wildman–Crippen LogP) is 3.48. The lowest BCUT2D eigenvalue weighted by Crippen LogP contribution is -2.44. The topological polar surface area (TPSA) is 66.3 Å². The van der Waals surface area contributed by atoms with Gasteiger partial charge < -0.3 is 15.1 Å². The normalized spacial score (nSPS) is 14.6.